The standard InChI is InChI=1S/C16H14O5S/c17-15-9-10(16(18)21-15)12-8-7(11(9)20-12)13-5-3-1-2-4(19-3)6(5)14(8)22-13/h1-14H. The first-order valence-corrected chi connectivity index (χ1v) is 9.08. The highest BCUT2D eigenvalue weighted by Crippen LogP contribution is 2.72. The minimum Gasteiger partial charge on any atom is -0.393 e. The van der Waals surface area contributed by atoms with Crippen molar-refractivity contribution in [3.63, 3.8) is 0 Å². The molecule has 0 amide bonds. The summed E-state index contributed by atoms with van der Waals surface area (Å²) in [6, 6.07) is 0. The molecule has 7 aliphatic rings. The van der Waals surface area contributed by atoms with Crippen LogP contribution in [0.2, 0.25) is 0 Å². The maximum Gasteiger partial charge on any atom is 0.320 e. The Morgan fingerprint density at radius 1 is 0.773 bits per heavy atom. The van der Waals surface area contributed by atoms with Crippen molar-refractivity contribution in [3.8, 4) is 0 Å². The number of cyclic esters (lactones) is 2. The van der Waals surface area contributed by atoms with Gasteiger partial charge in [0.2, 0.25) is 0 Å². The van der Waals surface area contributed by atoms with Gasteiger partial charge >= 0.3 is 11.9 Å². The zero-order valence-corrected chi connectivity index (χ0v) is 12.3. The summed E-state index contributed by atoms with van der Waals surface area (Å²) in [6.07, 6.45) is 4.73. The van der Waals surface area contributed by atoms with E-state index in [1.54, 1.807) is 0 Å². The first-order chi connectivity index (χ1) is 10.7. The maximum atomic E-state index is 12.0. The normalized spacial score (nSPS) is 67.8. The van der Waals surface area contributed by atoms with Crippen LogP contribution in [0.15, 0.2) is 12.2 Å². The Hall–Kier alpha value is -0.850. The lowest BCUT2D eigenvalue weighted by Crippen LogP contribution is -2.52. The Labute approximate surface area is 130 Å². The van der Waals surface area contributed by atoms with Gasteiger partial charge in [-0.2, -0.15) is 11.8 Å². The Balaban J connectivity index is 1.35. The fourth-order valence-electron chi connectivity index (χ4n) is 6.70. The SMILES string of the molecule is O=C1OC(=O)C2C3OC(C12)C1C2SC(C4C5C=CC(O5)C24)C31. The molecule has 0 aromatic rings. The van der Waals surface area contributed by atoms with Gasteiger partial charge in [-0.05, 0) is 0 Å². The lowest BCUT2D eigenvalue weighted by atomic mass is 9.57. The number of fused-ring (bicyclic) bond motifs is 19. The molecule has 6 bridgehead atoms. The van der Waals surface area contributed by atoms with Crippen LogP contribution in [0.25, 0.3) is 0 Å². The largest absolute Gasteiger partial charge is 0.393 e. The molecule has 6 heteroatoms. The number of thioether (sulfide) groups is 1. The molecule has 22 heavy (non-hydrogen) atoms. The molecule has 12 atom stereocenters. The van der Waals surface area contributed by atoms with Crippen LogP contribution < -0.4 is 0 Å². The van der Waals surface area contributed by atoms with Crippen LogP contribution in [0.4, 0.5) is 0 Å². The van der Waals surface area contributed by atoms with E-state index in [0.29, 0.717) is 34.2 Å². The molecule has 6 fully saturated rings. The molecule has 0 aromatic heterocycles. The molecule has 7 rings (SSSR count). The van der Waals surface area contributed by atoms with E-state index >= 15 is 0 Å². The first-order valence-electron chi connectivity index (χ1n) is 8.14. The molecule has 0 spiro atoms. The van der Waals surface area contributed by atoms with Crippen molar-refractivity contribution in [1.29, 1.82) is 0 Å². The minimum absolute atomic E-state index is 0.106. The third kappa shape index (κ3) is 0.982. The van der Waals surface area contributed by atoms with E-state index < -0.39 is 0 Å². The fraction of sp³-hybridized carbons (Fsp3) is 0.750. The van der Waals surface area contributed by atoms with Crippen LogP contribution in [0, 0.1) is 35.5 Å². The van der Waals surface area contributed by atoms with Crippen molar-refractivity contribution >= 4 is 23.7 Å². The van der Waals surface area contributed by atoms with Crippen LogP contribution in [-0.2, 0) is 23.8 Å². The second kappa shape index (κ2) is 3.32. The van der Waals surface area contributed by atoms with Crippen LogP contribution in [0.5, 0.6) is 0 Å². The summed E-state index contributed by atoms with van der Waals surface area (Å²) >= 11 is 2.09. The molecule has 6 saturated heterocycles. The summed E-state index contributed by atoms with van der Waals surface area (Å²) in [5.74, 6) is 0.555. The Bertz CT molecular complexity index is 623. The molecule has 0 saturated carbocycles. The molecule has 0 aliphatic carbocycles. The summed E-state index contributed by atoms with van der Waals surface area (Å²) < 4.78 is 17.2. The molecule has 12 unspecified atom stereocenters. The average molecular weight is 318 g/mol. The van der Waals surface area contributed by atoms with Crippen LogP contribution >= 0.6 is 11.8 Å². The van der Waals surface area contributed by atoms with E-state index in [0.717, 1.165) is 0 Å². The molecule has 0 N–H and O–H groups in total. The lowest BCUT2D eigenvalue weighted by Gasteiger charge is -2.40. The second-order valence-corrected chi connectivity index (χ2v) is 9.04. The molecule has 5 nitrogen and oxygen atoms in total. The predicted molar refractivity (Wildman–Crippen MR) is 73.7 cm³/mol. The number of carbonyl (C=O) groups excluding carboxylic acids is 2. The van der Waals surface area contributed by atoms with Gasteiger partial charge in [0, 0.05) is 34.2 Å². The number of hydrogen-bond acceptors (Lipinski definition) is 6. The topological polar surface area (TPSA) is 61.8 Å². The first kappa shape index (κ1) is 11.6. The molecular formula is C16H14O5S. The van der Waals surface area contributed by atoms with Crippen LogP contribution in [0.3, 0.4) is 0 Å². The van der Waals surface area contributed by atoms with E-state index in [-0.39, 0.29) is 48.2 Å². The van der Waals surface area contributed by atoms with Gasteiger partial charge in [0.1, 0.15) is 0 Å². The van der Waals surface area contributed by atoms with Crippen molar-refractivity contribution in [1.82, 2.24) is 0 Å². The predicted octanol–water partition coefficient (Wildman–Crippen LogP) is 0.383. The quantitative estimate of drug-likeness (QED) is 0.366. The molecule has 7 heterocycles. The van der Waals surface area contributed by atoms with E-state index in [1.165, 1.54) is 0 Å². The highest BCUT2D eigenvalue weighted by Gasteiger charge is 2.78. The van der Waals surface area contributed by atoms with Crippen molar-refractivity contribution in [2.75, 3.05) is 0 Å². The summed E-state index contributed by atoms with van der Waals surface area (Å²) in [4.78, 5) is 24.1. The maximum absolute atomic E-state index is 12.0. The van der Waals surface area contributed by atoms with Gasteiger partial charge < -0.3 is 14.2 Å². The van der Waals surface area contributed by atoms with Gasteiger partial charge in [0.25, 0.3) is 0 Å². The van der Waals surface area contributed by atoms with Gasteiger partial charge in [0.05, 0.1) is 36.3 Å². The van der Waals surface area contributed by atoms with E-state index in [1.807, 2.05) is 0 Å². The van der Waals surface area contributed by atoms with Gasteiger partial charge in [-0.3, -0.25) is 9.59 Å². The Morgan fingerprint density at radius 2 is 1.32 bits per heavy atom. The molecule has 0 radical (unpaired) electrons. The zero-order valence-electron chi connectivity index (χ0n) is 11.5. The Morgan fingerprint density at radius 3 is 1.86 bits per heavy atom. The molecule has 0 aromatic carbocycles. The molecule has 114 valence electrons. The van der Waals surface area contributed by atoms with Gasteiger partial charge in [-0.15, -0.1) is 0 Å². The highest BCUT2D eigenvalue weighted by atomic mass is 32.2. The summed E-state index contributed by atoms with van der Waals surface area (Å²) in [7, 11) is 0. The Kier molecular flexibility index (Phi) is 1.76. The monoisotopic (exact) mass is 318 g/mol. The van der Waals surface area contributed by atoms with E-state index in [2.05, 4.69) is 23.9 Å². The molecular weight excluding hydrogens is 304 g/mol. The average Bonchev–Trinajstić information content (AvgIpc) is 3.31. The van der Waals surface area contributed by atoms with Crippen molar-refractivity contribution in [2.45, 2.75) is 34.9 Å². The summed E-state index contributed by atoms with van der Waals surface area (Å²) in [5, 5.41) is 1.03. The smallest absolute Gasteiger partial charge is 0.320 e. The second-order valence-electron chi connectivity index (χ2n) is 7.68. The highest BCUT2D eigenvalue weighted by molar-refractivity contribution is 8.01. The van der Waals surface area contributed by atoms with Crippen molar-refractivity contribution in [2.24, 2.45) is 35.5 Å². The third-order valence-electron chi connectivity index (χ3n) is 7.20. The molecule has 7 aliphatic heterocycles. The van der Waals surface area contributed by atoms with Gasteiger partial charge in [-0.25, -0.2) is 0 Å². The number of esters is 2. The zero-order chi connectivity index (χ0) is 14.3. The van der Waals surface area contributed by atoms with Crippen LogP contribution in [-0.4, -0.2) is 46.9 Å². The van der Waals surface area contributed by atoms with Crippen molar-refractivity contribution in [3.05, 3.63) is 12.2 Å². The summed E-state index contributed by atoms with van der Waals surface area (Å²) in [6.45, 7) is 0. The third-order valence-corrected chi connectivity index (χ3v) is 9.08. The van der Waals surface area contributed by atoms with Crippen LogP contribution in [0.1, 0.15) is 0 Å². The number of rotatable bonds is 0. The van der Waals surface area contributed by atoms with Gasteiger partial charge in [0.15, 0.2) is 0 Å². The minimum atomic E-state index is -0.352. The van der Waals surface area contributed by atoms with Crippen molar-refractivity contribution < 1.29 is 23.8 Å². The number of ether oxygens (including phenoxy) is 3. The van der Waals surface area contributed by atoms with E-state index in [9.17, 15) is 9.59 Å². The summed E-state index contributed by atoms with van der Waals surface area (Å²) in [5.41, 5.74) is 0. The fourth-order valence-corrected chi connectivity index (χ4v) is 9.14. The number of carbonyl (C=O) groups is 2. The van der Waals surface area contributed by atoms with Gasteiger partial charge in [-0.1, -0.05) is 12.2 Å². The lowest BCUT2D eigenvalue weighted by molar-refractivity contribution is -0.157. The van der Waals surface area contributed by atoms with E-state index in [4.69, 9.17) is 14.2 Å². The number of hydrogen-bond donors (Lipinski definition) is 0.